The minimum Gasteiger partial charge on any atom is -0.492 e. The summed E-state index contributed by atoms with van der Waals surface area (Å²) in [5.74, 6) is 1.81. The third-order valence-electron chi connectivity index (χ3n) is 2.64. The van der Waals surface area contributed by atoms with E-state index in [1.165, 1.54) is 6.42 Å². The van der Waals surface area contributed by atoms with E-state index in [1.807, 2.05) is 24.3 Å². The molecule has 2 nitrogen and oxygen atoms in total. The first-order valence-electron chi connectivity index (χ1n) is 5.98. The molecule has 90 valence electrons. The third kappa shape index (κ3) is 3.63. The molecule has 1 aromatic heterocycles. The van der Waals surface area contributed by atoms with Gasteiger partial charge in [-0.1, -0.05) is 18.2 Å². The minimum atomic E-state index is 0.758. The molecule has 0 radical (unpaired) electrons. The molecule has 3 heteroatoms. The van der Waals surface area contributed by atoms with Gasteiger partial charge in [0.1, 0.15) is 5.75 Å². The highest BCUT2D eigenvalue weighted by Gasteiger charge is 1.97. The van der Waals surface area contributed by atoms with Gasteiger partial charge in [0.2, 0.25) is 0 Å². The molecule has 2 aromatic rings. The Morgan fingerprint density at radius 1 is 1.12 bits per heavy atom. The van der Waals surface area contributed by atoms with Gasteiger partial charge in [-0.05, 0) is 37.1 Å². The number of unbranched alkanes of at least 4 members (excludes halogenated alkanes) is 2. The first-order chi connectivity index (χ1) is 8.40. The predicted molar refractivity (Wildman–Crippen MR) is 74.9 cm³/mol. The highest BCUT2D eigenvalue weighted by atomic mass is 32.1. The molecule has 0 atom stereocenters. The number of fused-ring (bicyclic) bond motifs is 1. The summed E-state index contributed by atoms with van der Waals surface area (Å²) < 4.78 is 5.67. The standard InChI is InChI=1S/C14H17NOS/c17-9-5-1-4-8-16-13-10-12-6-2-3-7-14(12)15-11-13/h2-3,6-7,10-11,17H,1,4-5,8-9H2. The number of thiol groups is 1. The van der Waals surface area contributed by atoms with E-state index in [2.05, 4.69) is 23.7 Å². The van der Waals surface area contributed by atoms with Crippen molar-refractivity contribution in [1.29, 1.82) is 0 Å². The summed E-state index contributed by atoms with van der Waals surface area (Å²) in [4.78, 5) is 4.36. The van der Waals surface area contributed by atoms with Crippen LogP contribution in [0.25, 0.3) is 10.9 Å². The number of benzene rings is 1. The van der Waals surface area contributed by atoms with Crippen molar-refractivity contribution in [2.45, 2.75) is 19.3 Å². The second-order valence-electron chi connectivity index (χ2n) is 4.00. The Kier molecular flexibility index (Phi) is 4.68. The highest BCUT2D eigenvalue weighted by molar-refractivity contribution is 7.80. The minimum absolute atomic E-state index is 0.758. The molecule has 0 saturated heterocycles. The molecule has 0 aliphatic carbocycles. The zero-order valence-corrected chi connectivity index (χ0v) is 10.7. The fraction of sp³-hybridized carbons (Fsp3) is 0.357. The Hall–Kier alpha value is -1.22. The van der Waals surface area contributed by atoms with Crippen LogP contribution in [0.3, 0.4) is 0 Å². The van der Waals surface area contributed by atoms with Crippen molar-refractivity contribution < 1.29 is 4.74 Å². The smallest absolute Gasteiger partial charge is 0.138 e. The van der Waals surface area contributed by atoms with E-state index < -0.39 is 0 Å². The first-order valence-corrected chi connectivity index (χ1v) is 6.62. The van der Waals surface area contributed by atoms with Crippen molar-refractivity contribution in [3.63, 3.8) is 0 Å². The van der Waals surface area contributed by atoms with Crippen LogP contribution in [-0.4, -0.2) is 17.3 Å². The largest absolute Gasteiger partial charge is 0.492 e. The first kappa shape index (κ1) is 12.2. The Bertz CT molecular complexity index is 472. The Morgan fingerprint density at radius 3 is 2.88 bits per heavy atom. The summed E-state index contributed by atoms with van der Waals surface area (Å²) in [6, 6.07) is 10.1. The van der Waals surface area contributed by atoms with E-state index in [4.69, 9.17) is 4.74 Å². The van der Waals surface area contributed by atoms with Gasteiger partial charge in [0.25, 0.3) is 0 Å². The lowest BCUT2D eigenvalue weighted by Gasteiger charge is -2.06. The molecule has 17 heavy (non-hydrogen) atoms. The predicted octanol–water partition coefficient (Wildman–Crippen LogP) is 3.71. The van der Waals surface area contributed by atoms with E-state index in [9.17, 15) is 0 Å². The number of para-hydroxylation sites is 1. The molecular weight excluding hydrogens is 230 g/mol. The van der Waals surface area contributed by atoms with Crippen molar-refractivity contribution in [2.24, 2.45) is 0 Å². The number of aromatic nitrogens is 1. The summed E-state index contributed by atoms with van der Waals surface area (Å²) in [6.07, 6.45) is 5.20. The van der Waals surface area contributed by atoms with Gasteiger partial charge in [-0.25, -0.2) is 0 Å². The average molecular weight is 247 g/mol. The summed E-state index contributed by atoms with van der Waals surface area (Å²) in [6.45, 7) is 0.758. The van der Waals surface area contributed by atoms with Crippen LogP contribution in [0.2, 0.25) is 0 Å². The topological polar surface area (TPSA) is 22.1 Å². The van der Waals surface area contributed by atoms with E-state index in [0.29, 0.717) is 0 Å². The lowest BCUT2D eigenvalue weighted by molar-refractivity contribution is 0.306. The molecular formula is C14H17NOS. The number of ether oxygens (including phenoxy) is 1. The van der Waals surface area contributed by atoms with Crippen molar-refractivity contribution in [2.75, 3.05) is 12.4 Å². The molecule has 1 aromatic carbocycles. The van der Waals surface area contributed by atoms with E-state index in [0.717, 1.165) is 41.9 Å². The maximum absolute atomic E-state index is 5.67. The van der Waals surface area contributed by atoms with Crippen LogP contribution in [0.5, 0.6) is 5.75 Å². The van der Waals surface area contributed by atoms with Crippen molar-refractivity contribution in [3.8, 4) is 5.75 Å². The van der Waals surface area contributed by atoms with Crippen molar-refractivity contribution in [3.05, 3.63) is 36.5 Å². The van der Waals surface area contributed by atoms with Gasteiger partial charge in [0.05, 0.1) is 18.3 Å². The van der Waals surface area contributed by atoms with Crippen molar-refractivity contribution >= 4 is 23.5 Å². The Labute approximate surface area is 107 Å². The fourth-order valence-electron chi connectivity index (χ4n) is 1.71. The van der Waals surface area contributed by atoms with Crippen LogP contribution in [-0.2, 0) is 0 Å². The summed E-state index contributed by atoms with van der Waals surface area (Å²) in [7, 11) is 0. The quantitative estimate of drug-likeness (QED) is 0.621. The SMILES string of the molecule is SCCCCCOc1cnc2ccccc2c1. The molecule has 0 fully saturated rings. The van der Waals surface area contributed by atoms with Crippen LogP contribution in [0.15, 0.2) is 36.5 Å². The monoisotopic (exact) mass is 247 g/mol. The molecule has 0 aliphatic heterocycles. The maximum Gasteiger partial charge on any atom is 0.138 e. The van der Waals surface area contributed by atoms with Crippen molar-refractivity contribution in [1.82, 2.24) is 4.98 Å². The summed E-state index contributed by atoms with van der Waals surface area (Å²) in [5, 5.41) is 1.13. The molecule has 1 heterocycles. The lowest BCUT2D eigenvalue weighted by Crippen LogP contribution is -1.98. The maximum atomic E-state index is 5.67. The van der Waals surface area contributed by atoms with Crippen LogP contribution in [0.4, 0.5) is 0 Å². The second-order valence-corrected chi connectivity index (χ2v) is 4.44. The van der Waals surface area contributed by atoms with Gasteiger partial charge in [-0.3, -0.25) is 4.98 Å². The van der Waals surface area contributed by atoms with Gasteiger partial charge in [0.15, 0.2) is 0 Å². The van der Waals surface area contributed by atoms with Crippen LogP contribution in [0.1, 0.15) is 19.3 Å². The van der Waals surface area contributed by atoms with Gasteiger partial charge in [-0.15, -0.1) is 0 Å². The van der Waals surface area contributed by atoms with Crippen LogP contribution < -0.4 is 4.74 Å². The van der Waals surface area contributed by atoms with Gasteiger partial charge < -0.3 is 4.74 Å². The summed E-state index contributed by atoms with van der Waals surface area (Å²) in [5.41, 5.74) is 1.01. The third-order valence-corrected chi connectivity index (χ3v) is 2.95. The Morgan fingerprint density at radius 2 is 2.00 bits per heavy atom. The van der Waals surface area contributed by atoms with Gasteiger partial charge >= 0.3 is 0 Å². The number of nitrogens with zero attached hydrogens (tertiary/aromatic N) is 1. The van der Waals surface area contributed by atoms with Crippen LogP contribution in [0, 0.1) is 0 Å². The Balaban J connectivity index is 1.90. The molecule has 0 N–H and O–H groups in total. The second kappa shape index (κ2) is 6.50. The molecule has 0 aliphatic rings. The number of hydrogen-bond acceptors (Lipinski definition) is 3. The molecule has 0 amide bonds. The lowest BCUT2D eigenvalue weighted by atomic mass is 10.2. The zero-order valence-electron chi connectivity index (χ0n) is 9.80. The molecule has 0 saturated carbocycles. The van der Waals surface area contributed by atoms with E-state index >= 15 is 0 Å². The zero-order chi connectivity index (χ0) is 11.9. The number of hydrogen-bond donors (Lipinski definition) is 1. The fourth-order valence-corrected chi connectivity index (χ4v) is 1.93. The number of rotatable bonds is 6. The van der Waals surface area contributed by atoms with Gasteiger partial charge in [-0.2, -0.15) is 12.6 Å². The molecule has 0 spiro atoms. The molecule has 0 bridgehead atoms. The molecule has 2 rings (SSSR count). The van der Waals surface area contributed by atoms with Gasteiger partial charge in [0, 0.05) is 5.39 Å². The van der Waals surface area contributed by atoms with E-state index in [-0.39, 0.29) is 0 Å². The van der Waals surface area contributed by atoms with Crippen LogP contribution >= 0.6 is 12.6 Å². The molecule has 0 unspecified atom stereocenters. The average Bonchev–Trinajstić information content (AvgIpc) is 2.38. The van der Waals surface area contributed by atoms with E-state index in [1.54, 1.807) is 6.20 Å². The normalized spacial score (nSPS) is 10.6. The number of pyridine rings is 1. The highest BCUT2D eigenvalue weighted by Crippen LogP contribution is 2.18. The summed E-state index contributed by atoms with van der Waals surface area (Å²) >= 11 is 4.18.